The largest absolute Gasteiger partial charge is 0.496 e. The highest BCUT2D eigenvalue weighted by molar-refractivity contribution is 7.88. The third-order valence-electron chi connectivity index (χ3n) is 5.19. The van der Waals surface area contributed by atoms with E-state index in [-0.39, 0.29) is 18.5 Å². The number of benzene rings is 2. The number of aliphatic hydroxyl groups is 1. The Morgan fingerprint density at radius 2 is 1.78 bits per heavy atom. The Balaban J connectivity index is 2.28. The second-order valence-corrected chi connectivity index (χ2v) is 10.2. The number of ether oxygens (including phenoxy) is 1. The van der Waals surface area contributed by atoms with Crippen LogP contribution in [0.3, 0.4) is 0 Å². The van der Waals surface area contributed by atoms with Crippen LogP contribution in [0.25, 0.3) is 0 Å². The SMILES string of the molecule is COc1ccc(C(C)(C)C)cc1C1(O)CN(S(C)(=O)=O)Cc2ccccc21. The zero-order chi connectivity index (χ0) is 20.0. The summed E-state index contributed by atoms with van der Waals surface area (Å²) in [5.74, 6) is 0.538. The van der Waals surface area contributed by atoms with Crippen molar-refractivity contribution in [3.8, 4) is 5.75 Å². The van der Waals surface area contributed by atoms with Crippen molar-refractivity contribution in [2.24, 2.45) is 0 Å². The molecule has 1 aliphatic heterocycles. The molecule has 6 heteroatoms. The molecule has 0 amide bonds. The number of methoxy groups -OCH3 is 1. The van der Waals surface area contributed by atoms with Crippen LogP contribution < -0.4 is 4.74 Å². The lowest BCUT2D eigenvalue weighted by Crippen LogP contribution is -2.48. The quantitative estimate of drug-likeness (QED) is 0.876. The molecule has 146 valence electrons. The Labute approximate surface area is 161 Å². The molecule has 0 spiro atoms. The van der Waals surface area contributed by atoms with Gasteiger partial charge in [-0.05, 0) is 34.2 Å². The van der Waals surface area contributed by atoms with Crippen LogP contribution in [0, 0.1) is 0 Å². The van der Waals surface area contributed by atoms with Gasteiger partial charge in [-0.15, -0.1) is 0 Å². The molecule has 3 rings (SSSR count). The molecule has 0 saturated heterocycles. The van der Waals surface area contributed by atoms with Crippen molar-refractivity contribution in [2.45, 2.75) is 38.3 Å². The number of hydrogen-bond donors (Lipinski definition) is 1. The number of β-amino-alcohol motifs (C(OH)–C–C–N with tert-alkyl or cyclic N) is 1. The van der Waals surface area contributed by atoms with Gasteiger partial charge >= 0.3 is 0 Å². The highest BCUT2D eigenvalue weighted by Crippen LogP contribution is 2.43. The Bertz CT molecular complexity index is 962. The number of nitrogens with zero attached hydrogens (tertiary/aromatic N) is 1. The minimum absolute atomic E-state index is 0.0488. The molecule has 2 aromatic carbocycles. The number of hydrogen-bond acceptors (Lipinski definition) is 4. The van der Waals surface area contributed by atoms with Crippen LogP contribution in [0.1, 0.15) is 43.0 Å². The van der Waals surface area contributed by atoms with Gasteiger partial charge in [-0.3, -0.25) is 0 Å². The van der Waals surface area contributed by atoms with Gasteiger partial charge in [0.2, 0.25) is 10.0 Å². The van der Waals surface area contributed by atoms with Gasteiger partial charge in [0.05, 0.1) is 19.9 Å². The van der Waals surface area contributed by atoms with Crippen LogP contribution in [0.5, 0.6) is 5.75 Å². The second kappa shape index (κ2) is 6.62. The van der Waals surface area contributed by atoms with E-state index in [9.17, 15) is 13.5 Å². The first kappa shape index (κ1) is 19.9. The third-order valence-corrected chi connectivity index (χ3v) is 6.39. The molecular weight excluding hydrogens is 362 g/mol. The van der Waals surface area contributed by atoms with Gasteiger partial charge in [-0.1, -0.05) is 51.1 Å². The number of rotatable bonds is 3. The predicted molar refractivity (Wildman–Crippen MR) is 106 cm³/mol. The monoisotopic (exact) mass is 389 g/mol. The topological polar surface area (TPSA) is 66.8 Å². The smallest absolute Gasteiger partial charge is 0.211 e. The van der Waals surface area contributed by atoms with Gasteiger partial charge in [-0.2, -0.15) is 4.31 Å². The highest BCUT2D eigenvalue weighted by Gasteiger charge is 2.44. The fraction of sp³-hybridized carbons (Fsp3) is 0.429. The van der Waals surface area contributed by atoms with E-state index in [2.05, 4.69) is 20.8 Å². The molecular formula is C21H27NO4S. The normalized spacial score (nSPS) is 21.0. The summed E-state index contributed by atoms with van der Waals surface area (Å²) in [5.41, 5.74) is 1.51. The average Bonchev–Trinajstić information content (AvgIpc) is 2.59. The fourth-order valence-corrected chi connectivity index (χ4v) is 4.41. The molecule has 1 N–H and O–H groups in total. The lowest BCUT2D eigenvalue weighted by atomic mass is 9.78. The van der Waals surface area contributed by atoms with Crippen LogP contribution in [-0.4, -0.2) is 37.7 Å². The zero-order valence-electron chi connectivity index (χ0n) is 16.5. The molecule has 27 heavy (non-hydrogen) atoms. The molecule has 1 unspecified atom stereocenters. The van der Waals surface area contributed by atoms with Crippen molar-refractivity contribution in [1.29, 1.82) is 0 Å². The summed E-state index contributed by atoms with van der Waals surface area (Å²) in [7, 11) is -1.92. The molecule has 0 fully saturated rings. The summed E-state index contributed by atoms with van der Waals surface area (Å²) in [5, 5.41) is 11.8. The average molecular weight is 390 g/mol. The minimum atomic E-state index is -3.47. The maximum Gasteiger partial charge on any atom is 0.211 e. The molecule has 0 aliphatic carbocycles. The molecule has 5 nitrogen and oxygen atoms in total. The molecule has 1 heterocycles. The van der Waals surface area contributed by atoms with E-state index < -0.39 is 15.6 Å². The standard InChI is InChI=1S/C21H27NO4S/c1-20(2,3)16-10-11-19(26-4)18(12-16)21(23)14-22(27(5,24)25)13-15-8-6-7-9-17(15)21/h6-12,23H,13-14H2,1-5H3. The van der Waals surface area contributed by atoms with Crippen molar-refractivity contribution >= 4 is 10.0 Å². The molecule has 2 aromatic rings. The van der Waals surface area contributed by atoms with Crippen molar-refractivity contribution in [3.05, 3.63) is 64.7 Å². The Morgan fingerprint density at radius 1 is 1.11 bits per heavy atom. The van der Waals surface area contributed by atoms with Gasteiger partial charge in [0, 0.05) is 12.1 Å². The van der Waals surface area contributed by atoms with E-state index in [4.69, 9.17) is 4.74 Å². The molecule has 0 saturated carbocycles. The fourth-order valence-electron chi connectivity index (χ4n) is 3.61. The van der Waals surface area contributed by atoms with Crippen LogP contribution >= 0.6 is 0 Å². The number of fused-ring (bicyclic) bond motifs is 1. The van der Waals surface area contributed by atoms with Crippen LogP contribution in [-0.2, 0) is 27.6 Å². The third kappa shape index (κ3) is 3.61. The van der Waals surface area contributed by atoms with Crippen LogP contribution in [0.15, 0.2) is 42.5 Å². The van der Waals surface area contributed by atoms with Gasteiger partial charge in [-0.25, -0.2) is 8.42 Å². The first-order chi connectivity index (χ1) is 12.5. The molecule has 0 radical (unpaired) electrons. The van der Waals surface area contributed by atoms with Gasteiger partial charge in [0.1, 0.15) is 11.4 Å². The molecule has 0 aromatic heterocycles. The van der Waals surface area contributed by atoms with E-state index in [1.807, 2.05) is 42.5 Å². The summed E-state index contributed by atoms with van der Waals surface area (Å²) >= 11 is 0. The minimum Gasteiger partial charge on any atom is -0.496 e. The maximum absolute atomic E-state index is 12.3. The van der Waals surface area contributed by atoms with Crippen molar-refractivity contribution < 1.29 is 18.3 Å². The van der Waals surface area contributed by atoms with E-state index in [0.29, 0.717) is 16.9 Å². The Hall–Kier alpha value is -1.89. The van der Waals surface area contributed by atoms with Gasteiger partial charge < -0.3 is 9.84 Å². The van der Waals surface area contributed by atoms with E-state index >= 15 is 0 Å². The van der Waals surface area contributed by atoms with E-state index in [1.54, 1.807) is 7.11 Å². The summed E-state index contributed by atoms with van der Waals surface area (Å²) in [4.78, 5) is 0. The van der Waals surface area contributed by atoms with Gasteiger partial charge in [0.25, 0.3) is 0 Å². The summed E-state index contributed by atoms with van der Waals surface area (Å²) in [6.45, 7) is 6.49. The zero-order valence-corrected chi connectivity index (χ0v) is 17.3. The molecule has 0 bridgehead atoms. The van der Waals surface area contributed by atoms with E-state index in [0.717, 1.165) is 11.1 Å². The predicted octanol–water partition coefficient (Wildman–Crippen LogP) is 3.00. The second-order valence-electron chi connectivity index (χ2n) is 8.21. The van der Waals surface area contributed by atoms with Crippen molar-refractivity contribution in [1.82, 2.24) is 4.31 Å². The summed E-state index contributed by atoms with van der Waals surface area (Å²) in [6.07, 6.45) is 1.17. The summed E-state index contributed by atoms with van der Waals surface area (Å²) in [6, 6.07) is 13.2. The lowest BCUT2D eigenvalue weighted by molar-refractivity contribution is 0.0435. The van der Waals surface area contributed by atoms with Crippen molar-refractivity contribution in [2.75, 3.05) is 19.9 Å². The van der Waals surface area contributed by atoms with Crippen LogP contribution in [0.2, 0.25) is 0 Å². The Kier molecular flexibility index (Phi) is 4.87. The van der Waals surface area contributed by atoms with E-state index in [1.165, 1.54) is 10.6 Å². The first-order valence-corrected chi connectivity index (χ1v) is 10.8. The molecule has 1 aliphatic rings. The van der Waals surface area contributed by atoms with Crippen LogP contribution in [0.4, 0.5) is 0 Å². The van der Waals surface area contributed by atoms with Crippen molar-refractivity contribution in [3.63, 3.8) is 0 Å². The number of sulfonamides is 1. The lowest BCUT2D eigenvalue weighted by Gasteiger charge is -2.41. The highest BCUT2D eigenvalue weighted by atomic mass is 32.2. The summed E-state index contributed by atoms with van der Waals surface area (Å²) < 4.78 is 31.4. The van der Waals surface area contributed by atoms with Gasteiger partial charge in [0.15, 0.2) is 0 Å². The maximum atomic E-state index is 12.3. The molecule has 1 atom stereocenters. The Morgan fingerprint density at radius 3 is 2.37 bits per heavy atom. The first-order valence-electron chi connectivity index (χ1n) is 8.92.